The molecule has 2 aromatic heterocycles. The van der Waals surface area contributed by atoms with Gasteiger partial charge in [-0.2, -0.15) is 0 Å². The Hall–Kier alpha value is -3.45. The van der Waals surface area contributed by atoms with Gasteiger partial charge < -0.3 is 14.6 Å². The molecule has 0 amide bonds. The van der Waals surface area contributed by atoms with Crippen molar-refractivity contribution in [2.45, 2.75) is 19.9 Å². The van der Waals surface area contributed by atoms with E-state index in [1.165, 1.54) is 12.1 Å². The Morgan fingerprint density at radius 1 is 1.03 bits per heavy atom. The van der Waals surface area contributed by atoms with Gasteiger partial charge in [0, 0.05) is 11.8 Å². The molecule has 0 spiro atoms. The number of nitrogens with one attached hydrogen (secondary N) is 1. The SMILES string of the molecule is COc1cc(-c2ccc(N[C@H](C)c3ccc(F)cc3)nn2)ccc1-n1cnc(C)c1.Cl. The van der Waals surface area contributed by atoms with Gasteiger partial charge in [0.05, 0.1) is 36.6 Å². The highest BCUT2D eigenvalue weighted by atomic mass is 35.5. The van der Waals surface area contributed by atoms with E-state index in [1.807, 2.05) is 54.9 Å². The van der Waals surface area contributed by atoms with E-state index in [-0.39, 0.29) is 24.3 Å². The van der Waals surface area contributed by atoms with Gasteiger partial charge in [0.25, 0.3) is 0 Å². The highest BCUT2D eigenvalue weighted by Gasteiger charge is 2.11. The fraction of sp³-hybridized carbons (Fsp3) is 0.174. The lowest BCUT2D eigenvalue weighted by molar-refractivity contribution is 0.413. The minimum Gasteiger partial charge on any atom is -0.495 e. The zero-order chi connectivity index (χ0) is 21.1. The third-order valence-corrected chi connectivity index (χ3v) is 4.86. The average molecular weight is 440 g/mol. The molecule has 0 bridgehead atoms. The van der Waals surface area contributed by atoms with Crippen LogP contribution in [0.5, 0.6) is 5.75 Å². The van der Waals surface area contributed by atoms with Crippen LogP contribution in [0.4, 0.5) is 10.2 Å². The third kappa shape index (κ3) is 5.00. The Labute approximate surface area is 186 Å². The van der Waals surface area contributed by atoms with Crippen molar-refractivity contribution >= 4 is 18.2 Å². The van der Waals surface area contributed by atoms with Crippen LogP contribution in [0.1, 0.15) is 24.2 Å². The van der Waals surface area contributed by atoms with Crippen molar-refractivity contribution in [2.24, 2.45) is 0 Å². The maximum atomic E-state index is 13.1. The van der Waals surface area contributed by atoms with Crippen molar-refractivity contribution in [3.63, 3.8) is 0 Å². The Morgan fingerprint density at radius 2 is 1.81 bits per heavy atom. The van der Waals surface area contributed by atoms with Crippen LogP contribution in [0.3, 0.4) is 0 Å². The number of benzene rings is 2. The number of imidazole rings is 1. The van der Waals surface area contributed by atoms with Crippen molar-refractivity contribution in [2.75, 3.05) is 12.4 Å². The predicted octanol–water partition coefficient (Wildman–Crippen LogP) is 5.38. The van der Waals surface area contributed by atoms with E-state index in [9.17, 15) is 4.39 Å². The molecule has 0 aliphatic heterocycles. The van der Waals surface area contributed by atoms with Crippen LogP contribution < -0.4 is 10.1 Å². The van der Waals surface area contributed by atoms with Crippen LogP contribution in [0, 0.1) is 12.7 Å². The van der Waals surface area contributed by atoms with Gasteiger partial charge in [-0.15, -0.1) is 22.6 Å². The summed E-state index contributed by atoms with van der Waals surface area (Å²) < 4.78 is 20.6. The Morgan fingerprint density at radius 3 is 2.42 bits per heavy atom. The average Bonchev–Trinajstić information content (AvgIpc) is 3.20. The highest BCUT2D eigenvalue weighted by molar-refractivity contribution is 5.85. The second-order valence-corrected chi connectivity index (χ2v) is 7.03. The fourth-order valence-corrected chi connectivity index (χ4v) is 3.22. The molecule has 160 valence electrons. The molecule has 8 heteroatoms. The summed E-state index contributed by atoms with van der Waals surface area (Å²) in [6.45, 7) is 3.93. The van der Waals surface area contributed by atoms with Crippen molar-refractivity contribution in [3.05, 3.63) is 84.2 Å². The zero-order valence-corrected chi connectivity index (χ0v) is 18.2. The van der Waals surface area contributed by atoms with Crippen LogP contribution >= 0.6 is 12.4 Å². The first kappa shape index (κ1) is 22.2. The van der Waals surface area contributed by atoms with E-state index in [4.69, 9.17) is 4.74 Å². The Balaban J connectivity index is 0.00000272. The van der Waals surface area contributed by atoms with Crippen LogP contribution in [-0.4, -0.2) is 26.9 Å². The van der Waals surface area contributed by atoms with E-state index in [2.05, 4.69) is 20.5 Å². The van der Waals surface area contributed by atoms with Gasteiger partial charge in [0.2, 0.25) is 0 Å². The van der Waals surface area contributed by atoms with E-state index < -0.39 is 0 Å². The van der Waals surface area contributed by atoms with Gasteiger partial charge in [0.15, 0.2) is 0 Å². The molecule has 6 nitrogen and oxygen atoms in total. The summed E-state index contributed by atoms with van der Waals surface area (Å²) in [5.74, 6) is 1.12. The van der Waals surface area contributed by atoms with Crippen LogP contribution in [0.2, 0.25) is 0 Å². The minimum atomic E-state index is -0.250. The molecule has 0 fully saturated rings. The summed E-state index contributed by atoms with van der Waals surface area (Å²) in [4.78, 5) is 4.27. The summed E-state index contributed by atoms with van der Waals surface area (Å²) in [5, 5.41) is 11.9. The first-order chi connectivity index (χ1) is 14.5. The molecule has 4 aromatic rings. The third-order valence-electron chi connectivity index (χ3n) is 4.86. The molecule has 31 heavy (non-hydrogen) atoms. The number of hydrogen-bond donors (Lipinski definition) is 1. The van der Waals surface area contributed by atoms with E-state index in [0.29, 0.717) is 5.82 Å². The van der Waals surface area contributed by atoms with Gasteiger partial charge in [-0.05, 0) is 55.8 Å². The summed E-state index contributed by atoms with van der Waals surface area (Å²) in [6.07, 6.45) is 3.70. The first-order valence-corrected chi connectivity index (χ1v) is 9.58. The van der Waals surface area contributed by atoms with Crippen LogP contribution in [0.25, 0.3) is 16.9 Å². The van der Waals surface area contributed by atoms with Gasteiger partial charge in [0.1, 0.15) is 17.4 Å². The molecule has 0 unspecified atom stereocenters. The molecular formula is C23H23ClFN5O. The lowest BCUT2D eigenvalue weighted by atomic mass is 10.1. The maximum Gasteiger partial charge on any atom is 0.149 e. The monoisotopic (exact) mass is 439 g/mol. The molecule has 0 aliphatic rings. The standard InChI is InChI=1S/C23H22FN5O.ClH/c1-15-13-29(14-25-15)21-10-6-18(12-22(21)30-3)20-9-11-23(28-27-20)26-16(2)17-4-7-19(24)8-5-17;/h4-14,16H,1-3H3,(H,26,28);1H/t16-;/m1./s1. The smallest absolute Gasteiger partial charge is 0.149 e. The topological polar surface area (TPSA) is 64.9 Å². The van der Waals surface area contributed by atoms with Crippen molar-refractivity contribution in [1.82, 2.24) is 19.7 Å². The molecule has 0 saturated heterocycles. The number of hydrogen-bond acceptors (Lipinski definition) is 5. The number of methoxy groups -OCH3 is 1. The first-order valence-electron chi connectivity index (χ1n) is 9.58. The van der Waals surface area contributed by atoms with Gasteiger partial charge in [-0.25, -0.2) is 9.37 Å². The van der Waals surface area contributed by atoms with Gasteiger partial charge in [-0.3, -0.25) is 0 Å². The van der Waals surface area contributed by atoms with E-state index in [1.54, 1.807) is 25.6 Å². The fourth-order valence-electron chi connectivity index (χ4n) is 3.22. The highest BCUT2D eigenvalue weighted by Crippen LogP contribution is 2.29. The lowest BCUT2D eigenvalue weighted by Gasteiger charge is -2.15. The number of aryl methyl sites for hydroxylation is 1. The van der Waals surface area contributed by atoms with Crippen LogP contribution in [-0.2, 0) is 0 Å². The van der Waals surface area contributed by atoms with Crippen molar-refractivity contribution in [1.29, 1.82) is 0 Å². The molecule has 2 heterocycles. The zero-order valence-electron chi connectivity index (χ0n) is 17.4. The molecule has 1 N–H and O–H groups in total. The molecular weight excluding hydrogens is 417 g/mol. The normalized spacial score (nSPS) is 11.5. The number of halogens is 2. The van der Waals surface area contributed by atoms with Crippen molar-refractivity contribution in [3.8, 4) is 22.7 Å². The number of anilines is 1. The quantitative estimate of drug-likeness (QED) is 0.437. The molecule has 4 rings (SSSR count). The second kappa shape index (κ2) is 9.57. The maximum absolute atomic E-state index is 13.1. The van der Waals surface area contributed by atoms with E-state index in [0.717, 1.165) is 34.0 Å². The minimum absolute atomic E-state index is 0. The molecule has 0 saturated carbocycles. The second-order valence-electron chi connectivity index (χ2n) is 7.03. The van der Waals surface area contributed by atoms with E-state index >= 15 is 0 Å². The largest absolute Gasteiger partial charge is 0.495 e. The predicted molar refractivity (Wildman–Crippen MR) is 122 cm³/mol. The number of nitrogens with zero attached hydrogens (tertiary/aromatic N) is 4. The molecule has 0 aliphatic carbocycles. The number of ether oxygens (including phenoxy) is 1. The lowest BCUT2D eigenvalue weighted by Crippen LogP contribution is -2.08. The summed E-state index contributed by atoms with van der Waals surface area (Å²) >= 11 is 0. The number of aromatic nitrogens is 4. The Kier molecular flexibility index (Phi) is 6.87. The summed E-state index contributed by atoms with van der Waals surface area (Å²) in [6, 6.07) is 16.0. The molecule has 1 atom stereocenters. The van der Waals surface area contributed by atoms with Crippen molar-refractivity contribution < 1.29 is 9.13 Å². The van der Waals surface area contributed by atoms with Gasteiger partial charge >= 0.3 is 0 Å². The Bertz CT molecular complexity index is 1150. The molecule has 2 aromatic carbocycles. The summed E-state index contributed by atoms with van der Waals surface area (Å²) in [5.41, 5.74) is 4.45. The number of rotatable bonds is 6. The van der Waals surface area contributed by atoms with Crippen LogP contribution in [0.15, 0.2) is 67.1 Å². The van der Waals surface area contributed by atoms with Gasteiger partial charge in [-0.1, -0.05) is 18.2 Å². The molecule has 0 radical (unpaired) electrons. The summed E-state index contributed by atoms with van der Waals surface area (Å²) in [7, 11) is 1.64.